The summed E-state index contributed by atoms with van der Waals surface area (Å²) in [6, 6.07) is 2.07. The molecule has 0 aliphatic carbocycles. The number of hydrogen-bond donors (Lipinski definition) is 1. The summed E-state index contributed by atoms with van der Waals surface area (Å²) in [6.07, 6.45) is -2.29. The SMILES string of the molecule is Cc1cc(C)n([C@@H](C)CNCC(F)F)n1. The molecular weight excluding hydrogens is 200 g/mol. The number of aromatic nitrogens is 2. The summed E-state index contributed by atoms with van der Waals surface area (Å²) in [5, 5.41) is 7.01. The molecule has 5 heteroatoms. The van der Waals surface area contributed by atoms with Crippen molar-refractivity contribution in [1.82, 2.24) is 15.1 Å². The molecule has 1 N–H and O–H groups in total. The van der Waals surface area contributed by atoms with E-state index in [-0.39, 0.29) is 12.6 Å². The highest BCUT2D eigenvalue weighted by Gasteiger charge is 2.09. The fourth-order valence-electron chi connectivity index (χ4n) is 1.58. The van der Waals surface area contributed by atoms with Crippen LogP contribution in [0, 0.1) is 13.8 Å². The smallest absolute Gasteiger partial charge is 0.250 e. The van der Waals surface area contributed by atoms with Crippen molar-refractivity contribution in [3.8, 4) is 0 Å². The lowest BCUT2D eigenvalue weighted by molar-refractivity contribution is 0.144. The van der Waals surface area contributed by atoms with Crippen molar-refractivity contribution in [2.24, 2.45) is 0 Å². The van der Waals surface area contributed by atoms with Gasteiger partial charge in [-0.05, 0) is 26.8 Å². The number of halogens is 2. The molecular formula is C10H17F2N3. The molecule has 0 amide bonds. The molecule has 0 radical (unpaired) electrons. The van der Waals surface area contributed by atoms with Gasteiger partial charge in [0.2, 0.25) is 0 Å². The number of aryl methyl sites for hydroxylation is 2. The molecule has 0 aliphatic heterocycles. The lowest BCUT2D eigenvalue weighted by Gasteiger charge is -2.14. The third-order valence-electron chi connectivity index (χ3n) is 2.20. The normalized spacial score (nSPS) is 13.5. The number of nitrogens with zero attached hydrogens (tertiary/aromatic N) is 2. The maximum absolute atomic E-state index is 11.9. The van der Waals surface area contributed by atoms with Crippen LogP contribution in [0.5, 0.6) is 0 Å². The van der Waals surface area contributed by atoms with Crippen molar-refractivity contribution >= 4 is 0 Å². The zero-order chi connectivity index (χ0) is 11.4. The van der Waals surface area contributed by atoms with Gasteiger partial charge in [-0.25, -0.2) is 8.78 Å². The molecule has 3 nitrogen and oxygen atoms in total. The van der Waals surface area contributed by atoms with E-state index in [4.69, 9.17) is 0 Å². The summed E-state index contributed by atoms with van der Waals surface area (Å²) < 4.78 is 25.6. The topological polar surface area (TPSA) is 29.9 Å². The van der Waals surface area contributed by atoms with Gasteiger partial charge in [0.15, 0.2) is 0 Å². The van der Waals surface area contributed by atoms with E-state index in [2.05, 4.69) is 10.4 Å². The van der Waals surface area contributed by atoms with Crippen LogP contribution in [0.1, 0.15) is 24.4 Å². The van der Waals surface area contributed by atoms with Crippen molar-refractivity contribution in [3.63, 3.8) is 0 Å². The summed E-state index contributed by atoms with van der Waals surface area (Å²) >= 11 is 0. The van der Waals surface area contributed by atoms with Gasteiger partial charge in [0.25, 0.3) is 6.43 Å². The monoisotopic (exact) mass is 217 g/mol. The van der Waals surface area contributed by atoms with Gasteiger partial charge in [-0.2, -0.15) is 5.10 Å². The van der Waals surface area contributed by atoms with Crippen LogP contribution in [0.15, 0.2) is 6.07 Å². The predicted molar refractivity (Wildman–Crippen MR) is 55.3 cm³/mol. The van der Waals surface area contributed by atoms with Gasteiger partial charge in [-0.15, -0.1) is 0 Å². The Hall–Kier alpha value is -0.970. The minimum Gasteiger partial charge on any atom is -0.309 e. The maximum Gasteiger partial charge on any atom is 0.250 e. The van der Waals surface area contributed by atoms with E-state index in [0.717, 1.165) is 11.4 Å². The molecule has 1 rings (SSSR count). The van der Waals surface area contributed by atoms with Crippen LogP contribution in [0.2, 0.25) is 0 Å². The largest absolute Gasteiger partial charge is 0.309 e. The predicted octanol–water partition coefficient (Wildman–Crippen LogP) is 1.92. The Labute approximate surface area is 88.5 Å². The zero-order valence-electron chi connectivity index (χ0n) is 9.30. The summed E-state index contributed by atoms with van der Waals surface area (Å²) in [5.41, 5.74) is 2.01. The van der Waals surface area contributed by atoms with Crippen molar-refractivity contribution in [3.05, 3.63) is 17.5 Å². The number of nitrogens with one attached hydrogen (secondary N) is 1. The van der Waals surface area contributed by atoms with Crippen LogP contribution in [0.3, 0.4) is 0 Å². The first kappa shape index (κ1) is 12.1. The Kier molecular flexibility index (Phi) is 4.20. The van der Waals surface area contributed by atoms with Crippen LogP contribution in [-0.4, -0.2) is 29.3 Å². The summed E-state index contributed by atoms with van der Waals surface area (Å²) in [4.78, 5) is 0. The number of alkyl halides is 2. The Morgan fingerprint density at radius 2 is 2.07 bits per heavy atom. The minimum atomic E-state index is -2.29. The third-order valence-corrected chi connectivity index (χ3v) is 2.20. The Morgan fingerprint density at radius 3 is 2.53 bits per heavy atom. The van der Waals surface area contributed by atoms with E-state index in [1.165, 1.54) is 0 Å². The molecule has 0 saturated heterocycles. The molecule has 0 fully saturated rings. The average Bonchev–Trinajstić information content (AvgIpc) is 2.44. The van der Waals surface area contributed by atoms with E-state index in [0.29, 0.717) is 6.54 Å². The third kappa shape index (κ3) is 3.58. The first-order valence-corrected chi connectivity index (χ1v) is 5.02. The molecule has 0 spiro atoms. The fourth-order valence-corrected chi connectivity index (χ4v) is 1.58. The van der Waals surface area contributed by atoms with Crippen molar-refractivity contribution in [1.29, 1.82) is 0 Å². The zero-order valence-corrected chi connectivity index (χ0v) is 9.30. The molecule has 0 aliphatic rings. The minimum absolute atomic E-state index is 0.0949. The second-order valence-corrected chi connectivity index (χ2v) is 3.77. The lowest BCUT2D eigenvalue weighted by Crippen LogP contribution is -2.28. The van der Waals surface area contributed by atoms with Crippen LogP contribution in [0.25, 0.3) is 0 Å². The molecule has 1 aromatic heterocycles. The van der Waals surface area contributed by atoms with E-state index in [1.807, 2.05) is 31.5 Å². The lowest BCUT2D eigenvalue weighted by atomic mass is 10.3. The Bertz CT molecular complexity index is 310. The van der Waals surface area contributed by atoms with Crippen LogP contribution in [-0.2, 0) is 0 Å². The molecule has 15 heavy (non-hydrogen) atoms. The molecule has 0 bridgehead atoms. The van der Waals surface area contributed by atoms with Crippen LogP contribution in [0.4, 0.5) is 8.78 Å². The summed E-state index contributed by atoms with van der Waals surface area (Å²) in [7, 11) is 0. The van der Waals surface area contributed by atoms with E-state index >= 15 is 0 Å². The van der Waals surface area contributed by atoms with E-state index in [9.17, 15) is 8.78 Å². The molecule has 0 unspecified atom stereocenters. The van der Waals surface area contributed by atoms with Gasteiger partial charge >= 0.3 is 0 Å². The molecule has 1 aromatic rings. The Morgan fingerprint density at radius 1 is 1.40 bits per heavy atom. The first-order chi connectivity index (χ1) is 7.00. The quantitative estimate of drug-likeness (QED) is 0.816. The van der Waals surface area contributed by atoms with Crippen LogP contribution < -0.4 is 5.32 Å². The first-order valence-electron chi connectivity index (χ1n) is 5.02. The Balaban J connectivity index is 2.46. The number of rotatable bonds is 5. The van der Waals surface area contributed by atoms with E-state index < -0.39 is 6.43 Å². The van der Waals surface area contributed by atoms with Gasteiger partial charge in [-0.1, -0.05) is 0 Å². The van der Waals surface area contributed by atoms with E-state index in [1.54, 1.807) is 0 Å². The van der Waals surface area contributed by atoms with Gasteiger partial charge in [0.05, 0.1) is 18.3 Å². The fraction of sp³-hybridized carbons (Fsp3) is 0.700. The average molecular weight is 217 g/mol. The van der Waals surface area contributed by atoms with Gasteiger partial charge in [0, 0.05) is 12.2 Å². The van der Waals surface area contributed by atoms with Crippen molar-refractivity contribution < 1.29 is 8.78 Å². The molecule has 1 heterocycles. The highest BCUT2D eigenvalue weighted by Crippen LogP contribution is 2.09. The molecule has 0 aromatic carbocycles. The second kappa shape index (κ2) is 5.21. The molecule has 0 saturated carbocycles. The standard InChI is InChI=1S/C10H17F2N3/c1-7-4-8(2)15(14-7)9(3)5-13-6-10(11)12/h4,9-10,13H,5-6H2,1-3H3/t9-/m0/s1. The van der Waals surface area contributed by atoms with Crippen molar-refractivity contribution in [2.75, 3.05) is 13.1 Å². The highest BCUT2D eigenvalue weighted by atomic mass is 19.3. The van der Waals surface area contributed by atoms with Gasteiger partial charge < -0.3 is 5.32 Å². The summed E-state index contributed by atoms with van der Waals surface area (Å²) in [5.74, 6) is 0. The van der Waals surface area contributed by atoms with Crippen molar-refractivity contribution in [2.45, 2.75) is 33.2 Å². The van der Waals surface area contributed by atoms with Gasteiger partial charge in [-0.3, -0.25) is 4.68 Å². The number of hydrogen-bond acceptors (Lipinski definition) is 2. The van der Waals surface area contributed by atoms with Crippen LogP contribution >= 0.6 is 0 Å². The highest BCUT2D eigenvalue weighted by molar-refractivity contribution is 5.07. The summed E-state index contributed by atoms with van der Waals surface area (Å²) in [6.45, 7) is 6.08. The van der Waals surface area contributed by atoms with Gasteiger partial charge in [0.1, 0.15) is 0 Å². The maximum atomic E-state index is 11.9. The molecule has 1 atom stereocenters. The second-order valence-electron chi connectivity index (χ2n) is 3.77. The molecule has 86 valence electrons.